The minimum absolute atomic E-state index is 0.183. The molecule has 190 valence electrons. The topological polar surface area (TPSA) is 108 Å². The molecule has 5 rings (SSSR count). The molecule has 0 aliphatic heterocycles. The maximum Gasteiger partial charge on any atom is 0.255 e. The standard InChI is InChI=1S/C30H29N7O/c1-19-17-28(36-30(31)32-19)34-23-11-13-24(14-12-23)35-29(38)20-7-9-22(10-8-20)33-27-6-4-5-21-18-25(37(2)3)15-16-26(21)27/h4-18,33H,1-3H3,(H,35,38)(H3,31,32,34,36). The lowest BCUT2D eigenvalue weighted by Gasteiger charge is -2.15. The average molecular weight is 504 g/mol. The van der Waals surface area contributed by atoms with Crippen molar-refractivity contribution in [3.63, 3.8) is 0 Å². The van der Waals surface area contributed by atoms with Gasteiger partial charge in [0.15, 0.2) is 0 Å². The average Bonchev–Trinajstić information content (AvgIpc) is 2.89. The van der Waals surface area contributed by atoms with Crippen LogP contribution in [0.4, 0.5) is 40.2 Å². The van der Waals surface area contributed by atoms with E-state index in [1.807, 2.05) is 81.7 Å². The largest absolute Gasteiger partial charge is 0.378 e. The zero-order valence-electron chi connectivity index (χ0n) is 21.5. The summed E-state index contributed by atoms with van der Waals surface area (Å²) in [6.45, 7) is 1.86. The highest BCUT2D eigenvalue weighted by atomic mass is 16.1. The Morgan fingerprint density at radius 2 is 1.47 bits per heavy atom. The fourth-order valence-corrected chi connectivity index (χ4v) is 4.16. The Balaban J connectivity index is 1.23. The van der Waals surface area contributed by atoms with E-state index in [4.69, 9.17) is 5.73 Å². The molecule has 0 saturated carbocycles. The second kappa shape index (κ2) is 10.5. The highest BCUT2D eigenvalue weighted by molar-refractivity contribution is 6.04. The molecule has 0 radical (unpaired) electrons. The zero-order valence-corrected chi connectivity index (χ0v) is 21.5. The first-order valence-electron chi connectivity index (χ1n) is 12.2. The Kier molecular flexibility index (Phi) is 6.78. The van der Waals surface area contributed by atoms with Crippen molar-refractivity contribution in [2.75, 3.05) is 40.7 Å². The fourth-order valence-electron chi connectivity index (χ4n) is 4.16. The van der Waals surface area contributed by atoms with Crippen LogP contribution in [0.5, 0.6) is 0 Å². The van der Waals surface area contributed by atoms with Gasteiger partial charge < -0.3 is 26.6 Å². The molecule has 1 aromatic heterocycles. The molecular weight excluding hydrogens is 474 g/mol. The zero-order chi connectivity index (χ0) is 26.6. The number of carbonyl (C=O) groups is 1. The van der Waals surface area contributed by atoms with Crippen LogP contribution in [-0.2, 0) is 0 Å². The van der Waals surface area contributed by atoms with Crippen LogP contribution in [-0.4, -0.2) is 30.0 Å². The smallest absolute Gasteiger partial charge is 0.255 e. The van der Waals surface area contributed by atoms with Gasteiger partial charge in [-0.15, -0.1) is 0 Å². The number of nitrogens with zero attached hydrogens (tertiary/aromatic N) is 3. The quantitative estimate of drug-likeness (QED) is 0.206. The van der Waals surface area contributed by atoms with Gasteiger partial charge in [0, 0.05) is 65.2 Å². The third-order valence-electron chi connectivity index (χ3n) is 6.09. The lowest BCUT2D eigenvalue weighted by molar-refractivity contribution is 0.102. The predicted molar refractivity (Wildman–Crippen MR) is 157 cm³/mol. The fraction of sp³-hybridized carbons (Fsp3) is 0.100. The maximum atomic E-state index is 12.8. The van der Waals surface area contributed by atoms with Gasteiger partial charge in [0.05, 0.1) is 0 Å². The molecule has 0 fully saturated rings. The normalized spacial score (nSPS) is 10.7. The second-order valence-electron chi connectivity index (χ2n) is 9.22. The number of rotatable bonds is 7. The number of hydrogen-bond donors (Lipinski definition) is 4. The van der Waals surface area contributed by atoms with Gasteiger partial charge >= 0.3 is 0 Å². The number of fused-ring (bicyclic) bond motifs is 1. The van der Waals surface area contributed by atoms with Gasteiger partial charge in [-0.25, -0.2) is 4.98 Å². The van der Waals surface area contributed by atoms with Gasteiger partial charge in [-0.3, -0.25) is 4.79 Å². The number of nitrogens with two attached hydrogens (primary N) is 1. The first-order valence-corrected chi connectivity index (χ1v) is 12.2. The third-order valence-corrected chi connectivity index (χ3v) is 6.09. The number of carbonyl (C=O) groups excluding carboxylic acids is 1. The van der Waals surface area contributed by atoms with Gasteiger partial charge in [-0.1, -0.05) is 18.2 Å². The second-order valence-corrected chi connectivity index (χ2v) is 9.22. The molecule has 0 unspecified atom stereocenters. The summed E-state index contributed by atoms with van der Waals surface area (Å²) in [5.41, 5.74) is 11.6. The molecule has 8 nitrogen and oxygen atoms in total. The first kappa shape index (κ1) is 24.6. The molecule has 8 heteroatoms. The third kappa shape index (κ3) is 5.65. The van der Waals surface area contributed by atoms with E-state index in [0.717, 1.165) is 39.2 Å². The number of amides is 1. The van der Waals surface area contributed by atoms with Crippen molar-refractivity contribution in [2.45, 2.75) is 6.92 Å². The molecule has 0 aliphatic rings. The van der Waals surface area contributed by atoms with Crippen molar-refractivity contribution < 1.29 is 4.79 Å². The Bertz CT molecular complexity index is 1580. The van der Waals surface area contributed by atoms with E-state index in [1.165, 1.54) is 0 Å². The monoisotopic (exact) mass is 503 g/mol. The van der Waals surface area contributed by atoms with Crippen molar-refractivity contribution in [2.24, 2.45) is 0 Å². The minimum atomic E-state index is -0.183. The van der Waals surface area contributed by atoms with Gasteiger partial charge in [0.2, 0.25) is 5.95 Å². The van der Waals surface area contributed by atoms with Gasteiger partial charge in [0.25, 0.3) is 5.91 Å². The van der Waals surface area contributed by atoms with Crippen molar-refractivity contribution in [1.82, 2.24) is 9.97 Å². The Morgan fingerprint density at radius 1 is 0.789 bits per heavy atom. The lowest BCUT2D eigenvalue weighted by Crippen LogP contribution is -2.11. The number of aromatic nitrogens is 2. The van der Waals surface area contributed by atoms with Crippen molar-refractivity contribution in [3.8, 4) is 0 Å². The van der Waals surface area contributed by atoms with Crippen LogP contribution in [0.15, 0.2) is 91.0 Å². The minimum Gasteiger partial charge on any atom is -0.378 e. The molecule has 4 aromatic carbocycles. The molecule has 38 heavy (non-hydrogen) atoms. The summed E-state index contributed by atoms with van der Waals surface area (Å²) in [4.78, 5) is 23.2. The number of nitrogens with one attached hydrogen (secondary N) is 3. The highest BCUT2D eigenvalue weighted by Gasteiger charge is 2.08. The summed E-state index contributed by atoms with van der Waals surface area (Å²) in [6.07, 6.45) is 0. The number of aryl methyl sites for hydroxylation is 1. The van der Waals surface area contributed by atoms with E-state index in [0.29, 0.717) is 17.1 Å². The van der Waals surface area contributed by atoms with E-state index in [1.54, 1.807) is 0 Å². The molecule has 1 heterocycles. The molecule has 0 saturated heterocycles. The Labute approximate surface area is 221 Å². The van der Waals surface area contributed by atoms with Gasteiger partial charge in [-0.05, 0) is 79.0 Å². The van der Waals surface area contributed by atoms with Gasteiger partial charge in [-0.2, -0.15) is 4.98 Å². The molecule has 5 N–H and O–H groups in total. The number of nitrogen functional groups attached to an aromatic ring is 1. The summed E-state index contributed by atoms with van der Waals surface area (Å²) >= 11 is 0. The van der Waals surface area contributed by atoms with Crippen LogP contribution in [0.2, 0.25) is 0 Å². The van der Waals surface area contributed by atoms with Crippen LogP contribution in [0, 0.1) is 6.92 Å². The summed E-state index contributed by atoms with van der Waals surface area (Å²) in [5.74, 6) is 0.647. The first-order chi connectivity index (χ1) is 18.3. The van der Waals surface area contributed by atoms with Crippen LogP contribution < -0.4 is 26.6 Å². The van der Waals surface area contributed by atoms with Crippen LogP contribution in [0.25, 0.3) is 10.8 Å². The van der Waals surface area contributed by atoms with Crippen molar-refractivity contribution in [3.05, 3.63) is 102 Å². The number of hydrogen-bond acceptors (Lipinski definition) is 7. The van der Waals surface area contributed by atoms with E-state index in [2.05, 4.69) is 61.2 Å². The molecule has 1 amide bonds. The van der Waals surface area contributed by atoms with Crippen LogP contribution in [0.3, 0.4) is 0 Å². The Morgan fingerprint density at radius 3 is 2.18 bits per heavy atom. The maximum absolute atomic E-state index is 12.8. The SMILES string of the molecule is Cc1cc(Nc2ccc(NC(=O)c3ccc(Nc4cccc5cc(N(C)C)ccc45)cc3)cc2)nc(N)n1. The van der Waals surface area contributed by atoms with Crippen LogP contribution in [0.1, 0.15) is 16.1 Å². The van der Waals surface area contributed by atoms with Crippen LogP contribution >= 0.6 is 0 Å². The summed E-state index contributed by atoms with van der Waals surface area (Å²) in [7, 11) is 4.07. The number of benzene rings is 4. The summed E-state index contributed by atoms with van der Waals surface area (Å²) in [6, 6.07) is 29.2. The number of anilines is 7. The van der Waals surface area contributed by atoms with Crippen molar-refractivity contribution >= 4 is 56.9 Å². The van der Waals surface area contributed by atoms with Crippen molar-refractivity contribution in [1.29, 1.82) is 0 Å². The lowest BCUT2D eigenvalue weighted by atomic mass is 10.1. The van der Waals surface area contributed by atoms with E-state index in [9.17, 15) is 4.79 Å². The molecule has 0 spiro atoms. The molecular formula is C30H29N7O. The molecule has 0 aliphatic carbocycles. The van der Waals surface area contributed by atoms with E-state index in [-0.39, 0.29) is 11.9 Å². The summed E-state index contributed by atoms with van der Waals surface area (Å²) in [5, 5.41) is 11.9. The Hall–Kier alpha value is -5.11. The molecule has 0 atom stereocenters. The van der Waals surface area contributed by atoms with Gasteiger partial charge in [0.1, 0.15) is 5.82 Å². The molecule has 5 aromatic rings. The molecule has 0 bridgehead atoms. The predicted octanol–water partition coefficient (Wildman–Crippen LogP) is 6.33. The summed E-state index contributed by atoms with van der Waals surface area (Å²) < 4.78 is 0. The highest BCUT2D eigenvalue weighted by Crippen LogP contribution is 2.29. The van der Waals surface area contributed by atoms with E-state index >= 15 is 0 Å². The van der Waals surface area contributed by atoms with E-state index < -0.39 is 0 Å².